The van der Waals surface area contributed by atoms with E-state index < -0.39 is 11.8 Å². The number of hydrogen-bond donors (Lipinski definition) is 4. The number of hydrogen-bond acceptors (Lipinski definition) is 6. The molecule has 0 radical (unpaired) electrons. The van der Waals surface area contributed by atoms with Crippen molar-refractivity contribution in [2.45, 2.75) is 26.8 Å². The largest absolute Gasteiger partial charge is 0.402 e. The molecule has 0 aliphatic rings. The number of carbonyl (C=O) groups is 2. The molecule has 144 valence electrons. The summed E-state index contributed by atoms with van der Waals surface area (Å²) in [4.78, 5) is 32.7. The van der Waals surface area contributed by atoms with E-state index in [2.05, 4.69) is 15.3 Å². The highest BCUT2D eigenvalue weighted by atomic mass is 16.2. The molecule has 2 rings (SSSR count). The van der Waals surface area contributed by atoms with Crippen LogP contribution in [0.3, 0.4) is 0 Å². The fourth-order valence-corrected chi connectivity index (χ4v) is 2.59. The lowest BCUT2D eigenvalue weighted by molar-refractivity contribution is -0.110. The number of primary amides is 1. The molecule has 2 amide bonds. The van der Waals surface area contributed by atoms with Crippen LogP contribution in [0.2, 0.25) is 0 Å². The van der Waals surface area contributed by atoms with Gasteiger partial charge in [0.05, 0.1) is 11.0 Å². The normalized spacial score (nSPS) is 12.4. The zero-order valence-electron chi connectivity index (χ0n) is 15.5. The molecule has 7 N–H and O–H groups in total. The predicted molar refractivity (Wildman–Crippen MR) is 106 cm³/mol. The standard InChI is InChI=1S/C18H25N7O2/c1-3-22-14(9-11(2)20)17(27)24-18-23-13-10-12(16(21)26)5-6-15(13)25(18)8-4-7-19/h5-6,9-10H,3-4,7-8,19-20H2,1-2H3,(H2,21,26)(H,23,24,27)/b11-9-,22-14?. The van der Waals surface area contributed by atoms with Crippen LogP contribution in [0.5, 0.6) is 0 Å². The number of aryl methyl sites for hydroxylation is 1. The maximum atomic E-state index is 12.6. The maximum absolute atomic E-state index is 12.6. The Hall–Kier alpha value is -3.20. The Kier molecular flexibility index (Phi) is 6.67. The molecule has 0 unspecified atom stereocenters. The highest BCUT2D eigenvalue weighted by molar-refractivity contribution is 6.47. The number of amides is 2. The number of anilines is 1. The van der Waals surface area contributed by atoms with Crippen LogP contribution in [0.15, 0.2) is 35.0 Å². The van der Waals surface area contributed by atoms with E-state index in [0.717, 1.165) is 5.52 Å². The molecule has 9 nitrogen and oxygen atoms in total. The number of nitrogens with zero attached hydrogens (tertiary/aromatic N) is 3. The van der Waals surface area contributed by atoms with E-state index in [-0.39, 0.29) is 5.71 Å². The minimum absolute atomic E-state index is 0.216. The number of allylic oxidation sites excluding steroid dienone is 1. The fraction of sp³-hybridized carbons (Fsp3) is 0.333. The minimum Gasteiger partial charge on any atom is -0.402 e. The summed E-state index contributed by atoms with van der Waals surface area (Å²) in [5.41, 5.74) is 19.0. The summed E-state index contributed by atoms with van der Waals surface area (Å²) < 4.78 is 1.84. The lowest BCUT2D eigenvalue weighted by Gasteiger charge is -2.10. The summed E-state index contributed by atoms with van der Waals surface area (Å²) in [5, 5.41) is 2.77. The molecule has 0 aliphatic heterocycles. The first-order chi connectivity index (χ1) is 12.9. The number of carbonyl (C=O) groups excluding carboxylic acids is 2. The fourth-order valence-electron chi connectivity index (χ4n) is 2.59. The number of nitrogens with one attached hydrogen (secondary N) is 1. The molecule has 0 saturated carbocycles. The van der Waals surface area contributed by atoms with Gasteiger partial charge in [-0.2, -0.15) is 0 Å². The van der Waals surface area contributed by atoms with Gasteiger partial charge in [-0.15, -0.1) is 0 Å². The Bertz CT molecular complexity index is 908. The van der Waals surface area contributed by atoms with Crippen LogP contribution >= 0.6 is 0 Å². The quantitative estimate of drug-likeness (QED) is 0.504. The van der Waals surface area contributed by atoms with E-state index in [1.807, 2.05) is 11.5 Å². The van der Waals surface area contributed by atoms with E-state index in [4.69, 9.17) is 17.2 Å². The van der Waals surface area contributed by atoms with Crippen molar-refractivity contribution < 1.29 is 9.59 Å². The third kappa shape index (κ3) is 4.91. The Morgan fingerprint density at radius 3 is 2.67 bits per heavy atom. The molecule has 9 heteroatoms. The second-order valence-electron chi connectivity index (χ2n) is 6.00. The topological polar surface area (TPSA) is 154 Å². The number of rotatable bonds is 8. The van der Waals surface area contributed by atoms with Crippen molar-refractivity contribution >= 4 is 34.5 Å². The Labute approximate surface area is 157 Å². The van der Waals surface area contributed by atoms with Crippen molar-refractivity contribution in [3.05, 3.63) is 35.5 Å². The predicted octanol–water partition coefficient (Wildman–Crippen LogP) is 0.746. The van der Waals surface area contributed by atoms with Crippen LogP contribution in [0, 0.1) is 0 Å². The van der Waals surface area contributed by atoms with Crippen molar-refractivity contribution in [2.75, 3.05) is 18.4 Å². The van der Waals surface area contributed by atoms with Gasteiger partial charge in [-0.3, -0.25) is 19.9 Å². The zero-order valence-corrected chi connectivity index (χ0v) is 15.5. The van der Waals surface area contributed by atoms with Crippen LogP contribution in [0.1, 0.15) is 30.6 Å². The monoisotopic (exact) mass is 371 g/mol. The molecule has 27 heavy (non-hydrogen) atoms. The number of benzene rings is 1. The number of aliphatic imine (C=N–C) groups is 1. The Balaban J connectivity index is 2.45. The van der Waals surface area contributed by atoms with Crippen molar-refractivity contribution in [1.82, 2.24) is 9.55 Å². The lowest BCUT2D eigenvalue weighted by Crippen LogP contribution is -2.24. The molecular weight excluding hydrogens is 346 g/mol. The summed E-state index contributed by atoms with van der Waals surface area (Å²) in [6.07, 6.45) is 2.21. The summed E-state index contributed by atoms with van der Waals surface area (Å²) in [7, 11) is 0. The first-order valence-electron chi connectivity index (χ1n) is 8.67. The highest BCUT2D eigenvalue weighted by Crippen LogP contribution is 2.21. The number of nitrogens with two attached hydrogens (primary N) is 3. The molecule has 0 spiro atoms. The molecule has 2 aromatic rings. The van der Waals surface area contributed by atoms with Crippen LogP contribution in [-0.2, 0) is 11.3 Å². The van der Waals surface area contributed by atoms with Gasteiger partial charge in [0.2, 0.25) is 11.9 Å². The van der Waals surface area contributed by atoms with Gasteiger partial charge >= 0.3 is 0 Å². The lowest BCUT2D eigenvalue weighted by atomic mass is 10.2. The van der Waals surface area contributed by atoms with Crippen LogP contribution < -0.4 is 22.5 Å². The van der Waals surface area contributed by atoms with Gasteiger partial charge in [0.15, 0.2) is 0 Å². The molecule has 0 saturated heterocycles. The van der Waals surface area contributed by atoms with Gasteiger partial charge in [0.25, 0.3) is 5.91 Å². The van der Waals surface area contributed by atoms with Gasteiger partial charge in [-0.05, 0) is 51.1 Å². The van der Waals surface area contributed by atoms with Crippen molar-refractivity contribution in [2.24, 2.45) is 22.2 Å². The third-order valence-corrected chi connectivity index (χ3v) is 3.77. The molecule has 0 atom stereocenters. The Morgan fingerprint density at radius 1 is 1.33 bits per heavy atom. The molecule has 0 fully saturated rings. The number of aromatic nitrogens is 2. The molecule has 1 aromatic carbocycles. The zero-order chi connectivity index (χ0) is 20.0. The van der Waals surface area contributed by atoms with E-state index >= 15 is 0 Å². The van der Waals surface area contributed by atoms with Crippen molar-refractivity contribution in [3.8, 4) is 0 Å². The van der Waals surface area contributed by atoms with Crippen LogP contribution in [0.4, 0.5) is 5.95 Å². The highest BCUT2D eigenvalue weighted by Gasteiger charge is 2.17. The average Bonchev–Trinajstić information content (AvgIpc) is 2.95. The second kappa shape index (κ2) is 8.95. The SMILES string of the molecule is CCN=C(/C=C(/C)N)C(=O)Nc1nc2cc(C(N)=O)ccc2n1CCCN. The first-order valence-corrected chi connectivity index (χ1v) is 8.67. The van der Waals surface area contributed by atoms with E-state index in [1.165, 1.54) is 6.08 Å². The van der Waals surface area contributed by atoms with E-state index in [1.54, 1.807) is 25.1 Å². The number of fused-ring (bicyclic) bond motifs is 1. The maximum Gasteiger partial charge on any atom is 0.276 e. The molecule has 0 bridgehead atoms. The second-order valence-corrected chi connectivity index (χ2v) is 6.00. The molecule has 1 aromatic heterocycles. The minimum atomic E-state index is -0.542. The third-order valence-electron chi connectivity index (χ3n) is 3.77. The summed E-state index contributed by atoms with van der Waals surface area (Å²) in [6, 6.07) is 4.97. The van der Waals surface area contributed by atoms with Gasteiger partial charge < -0.3 is 21.8 Å². The number of imidazole rings is 1. The summed E-state index contributed by atoms with van der Waals surface area (Å²) in [6.45, 7) is 5.00. The van der Waals surface area contributed by atoms with Gasteiger partial charge in [-0.25, -0.2) is 4.98 Å². The van der Waals surface area contributed by atoms with Crippen LogP contribution in [0.25, 0.3) is 11.0 Å². The van der Waals surface area contributed by atoms with Crippen molar-refractivity contribution in [1.29, 1.82) is 0 Å². The van der Waals surface area contributed by atoms with Crippen molar-refractivity contribution in [3.63, 3.8) is 0 Å². The molecule has 1 heterocycles. The summed E-state index contributed by atoms with van der Waals surface area (Å²) >= 11 is 0. The smallest absolute Gasteiger partial charge is 0.276 e. The van der Waals surface area contributed by atoms with Gasteiger partial charge in [-0.1, -0.05) is 0 Å². The van der Waals surface area contributed by atoms with E-state index in [9.17, 15) is 9.59 Å². The summed E-state index contributed by atoms with van der Waals surface area (Å²) in [5.74, 6) is -0.613. The molecule has 0 aliphatic carbocycles. The Morgan fingerprint density at radius 2 is 2.07 bits per heavy atom. The molecular formula is C18H25N7O2. The van der Waals surface area contributed by atoms with E-state index in [0.29, 0.717) is 48.8 Å². The van der Waals surface area contributed by atoms with Gasteiger partial charge in [0.1, 0.15) is 5.71 Å². The average molecular weight is 371 g/mol. The van der Waals surface area contributed by atoms with Gasteiger partial charge in [0, 0.05) is 24.4 Å². The van der Waals surface area contributed by atoms with Crippen LogP contribution in [-0.4, -0.2) is 40.2 Å². The first kappa shape index (κ1) is 20.1.